The summed E-state index contributed by atoms with van der Waals surface area (Å²) < 4.78 is 0. The highest BCUT2D eigenvalue weighted by Crippen LogP contribution is 2.19. The van der Waals surface area contributed by atoms with Crippen molar-refractivity contribution in [2.24, 2.45) is 0 Å². The summed E-state index contributed by atoms with van der Waals surface area (Å²) in [5.74, 6) is 0.283. The number of rotatable bonds is 6. The molecule has 1 aromatic heterocycles. The molecule has 2 rings (SSSR count). The van der Waals surface area contributed by atoms with Gasteiger partial charge in [0.2, 0.25) is 0 Å². The van der Waals surface area contributed by atoms with Crippen molar-refractivity contribution < 1.29 is 9.90 Å². The summed E-state index contributed by atoms with van der Waals surface area (Å²) in [4.78, 5) is 17.3. The van der Waals surface area contributed by atoms with Gasteiger partial charge in [0.1, 0.15) is 5.82 Å². The molecule has 1 aliphatic rings. The molecule has 0 aliphatic carbocycles. The number of aliphatic carboxylic acids is 1. The lowest BCUT2D eigenvalue weighted by atomic mass is 10.1. The summed E-state index contributed by atoms with van der Waals surface area (Å²) in [7, 11) is 0. The Hall–Kier alpha value is -1.78. The number of pyridine rings is 1. The zero-order valence-electron chi connectivity index (χ0n) is 12.0. The second-order valence-electron chi connectivity index (χ2n) is 5.43. The van der Waals surface area contributed by atoms with Crippen LogP contribution in [0.15, 0.2) is 18.3 Å². The van der Waals surface area contributed by atoms with Crippen LogP contribution in [0.25, 0.3) is 0 Å². The first-order valence-corrected chi connectivity index (χ1v) is 7.34. The van der Waals surface area contributed by atoms with Gasteiger partial charge in [0.25, 0.3) is 0 Å². The van der Waals surface area contributed by atoms with E-state index in [1.54, 1.807) is 0 Å². The molecule has 2 N–H and O–H groups in total. The minimum atomic E-state index is -0.753. The van der Waals surface area contributed by atoms with E-state index in [1.807, 2.05) is 25.3 Å². The van der Waals surface area contributed by atoms with Gasteiger partial charge in [-0.25, -0.2) is 4.98 Å². The quantitative estimate of drug-likeness (QED) is 0.837. The molecule has 1 aliphatic heterocycles. The van der Waals surface area contributed by atoms with E-state index >= 15 is 0 Å². The average Bonchev–Trinajstić information content (AvgIpc) is 2.47. The number of carboxylic acid groups (broad SMARTS) is 1. The highest BCUT2D eigenvalue weighted by Gasteiger charge is 2.12. The van der Waals surface area contributed by atoms with Gasteiger partial charge in [0, 0.05) is 25.6 Å². The molecule has 0 amide bonds. The molecule has 20 heavy (non-hydrogen) atoms. The maximum absolute atomic E-state index is 10.5. The fourth-order valence-corrected chi connectivity index (χ4v) is 2.48. The monoisotopic (exact) mass is 277 g/mol. The van der Waals surface area contributed by atoms with Gasteiger partial charge in [0.15, 0.2) is 0 Å². The van der Waals surface area contributed by atoms with Gasteiger partial charge in [-0.15, -0.1) is 0 Å². The number of carboxylic acids is 1. The molecule has 1 saturated heterocycles. The maximum Gasteiger partial charge on any atom is 0.303 e. The average molecular weight is 277 g/mol. The highest BCUT2D eigenvalue weighted by atomic mass is 16.4. The predicted molar refractivity (Wildman–Crippen MR) is 80.3 cm³/mol. The summed E-state index contributed by atoms with van der Waals surface area (Å²) in [5.41, 5.74) is 0.948. The van der Waals surface area contributed by atoms with E-state index in [9.17, 15) is 4.79 Å². The Kier molecular flexibility index (Phi) is 5.21. The van der Waals surface area contributed by atoms with Crippen molar-refractivity contribution >= 4 is 17.5 Å². The standard InChI is InChI=1S/C15H23N3O2/c1-12(5-8-15(19)20)17-13-6-7-14(16-11-13)18-9-3-2-4-10-18/h6-7,11-12,17H,2-5,8-10H2,1H3,(H,19,20). The van der Waals surface area contributed by atoms with Gasteiger partial charge in [-0.2, -0.15) is 0 Å². The predicted octanol–water partition coefficient (Wildman–Crippen LogP) is 2.74. The lowest BCUT2D eigenvalue weighted by Crippen LogP contribution is -2.30. The fourth-order valence-electron chi connectivity index (χ4n) is 2.48. The minimum Gasteiger partial charge on any atom is -0.481 e. The molecule has 1 fully saturated rings. The second kappa shape index (κ2) is 7.12. The first-order valence-electron chi connectivity index (χ1n) is 7.34. The van der Waals surface area contributed by atoms with Crippen molar-refractivity contribution in [2.75, 3.05) is 23.3 Å². The van der Waals surface area contributed by atoms with Crippen LogP contribution in [0.4, 0.5) is 11.5 Å². The molecule has 5 nitrogen and oxygen atoms in total. The molecule has 0 bridgehead atoms. The lowest BCUT2D eigenvalue weighted by Gasteiger charge is -2.27. The highest BCUT2D eigenvalue weighted by molar-refractivity contribution is 5.66. The Labute approximate surface area is 120 Å². The van der Waals surface area contributed by atoms with Crippen LogP contribution in [0.5, 0.6) is 0 Å². The largest absolute Gasteiger partial charge is 0.481 e. The van der Waals surface area contributed by atoms with Gasteiger partial charge >= 0.3 is 5.97 Å². The van der Waals surface area contributed by atoms with Crippen LogP contribution in [0.1, 0.15) is 39.0 Å². The van der Waals surface area contributed by atoms with Gasteiger partial charge in [-0.05, 0) is 44.7 Å². The molecular weight excluding hydrogens is 254 g/mol. The summed E-state index contributed by atoms with van der Waals surface area (Å²) in [6.07, 6.45) is 6.44. The summed E-state index contributed by atoms with van der Waals surface area (Å²) >= 11 is 0. The molecular formula is C15H23N3O2. The summed E-state index contributed by atoms with van der Waals surface area (Å²) in [6, 6.07) is 4.19. The molecule has 0 saturated carbocycles. The van der Waals surface area contributed by atoms with E-state index in [-0.39, 0.29) is 12.5 Å². The van der Waals surface area contributed by atoms with Gasteiger partial charge < -0.3 is 15.3 Å². The minimum absolute atomic E-state index is 0.133. The van der Waals surface area contributed by atoms with Crippen molar-refractivity contribution in [2.45, 2.75) is 45.1 Å². The van der Waals surface area contributed by atoms with Crippen molar-refractivity contribution in [3.63, 3.8) is 0 Å². The Morgan fingerprint density at radius 3 is 2.75 bits per heavy atom. The topological polar surface area (TPSA) is 65.5 Å². The van der Waals surface area contributed by atoms with Gasteiger partial charge in [0.05, 0.1) is 11.9 Å². The lowest BCUT2D eigenvalue weighted by molar-refractivity contribution is -0.137. The van der Waals surface area contributed by atoms with Crippen LogP contribution in [0.2, 0.25) is 0 Å². The Morgan fingerprint density at radius 1 is 1.40 bits per heavy atom. The Balaban J connectivity index is 1.85. The fraction of sp³-hybridized carbons (Fsp3) is 0.600. The molecule has 1 aromatic rings. The van der Waals surface area contributed by atoms with Crippen LogP contribution in [-0.4, -0.2) is 35.2 Å². The number of carbonyl (C=O) groups is 1. The van der Waals surface area contributed by atoms with Gasteiger partial charge in [-0.3, -0.25) is 4.79 Å². The number of nitrogens with one attached hydrogen (secondary N) is 1. The molecule has 0 spiro atoms. The number of anilines is 2. The number of piperidine rings is 1. The summed E-state index contributed by atoms with van der Waals surface area (Å²) in [5, 5.41) is 11.9. The molecule has 0 aromatic carbocycles. The van der Waals surface area contributed by atoms with E-state index in [1.165, 1.54) is 19.3 Å². The molecule has 1 atom stereocenters. The van der Waals surface area contributed by atoms with Crippen molar-refractivity contribution in [3.8, 4) is 0 Å². The van der Waals surface area contributed by atoms with Crippen molar-refractivity contribution in [1.82, 2.24) is 4.98 Å². The van der Waals surface area contributed by atoms with E-state index in [2.05, 4.69) is 15.2 Å². The van der Waals surface area contributed by atoms with E-state index in [0.29, 0.717) is 6.42 Å². The van der Waals surface area contributed by atoms with Crippen molar-refractivity contribution in [3.05, 3.63) is 18.3 Å². The van der Waals surface area contributed by atoms with Crippen LogP contribution in [0, 0.1) is 0 Å². The third kappa shape index (κ3) is 4.40. The number of hydrogen-bond donors (Lipinski definition) is 2. The SMILES string of the molecule is CC(CCC(=O)O)Nc1ccc(N2CCCCC2)nc1. The van der Waals surface area contributed by atoms with E-state index < -0.39 is 5.97 Å². The first kappa shape index (κ1) is 14.6. The second-order valence-corrected chi connectivity index (χ2v) is 5.43. The Morgan fingerprint density at radius 2 is 2.15 bits per heavy atom. The Bertz CT molecular complexity index is 427. The zero-order valence-corrected chi connectivity index (χ0v) is 12.0. The first-order chi connectivity index (χ1) is 9.65. The van der Waals surface area contributed by atoms with Crippen LogP contribution < -0.4 is 10.2 Å². The van der Waals surface area contributed by atoms with Crippen LogP contribution in [-0.2, 0) is 4.79 Å². The van der Waals surface area contributed by atoms with Crippen LogP contribution in [0.3, 0.4) is 0 Å². The number of hydrogen-bond acceptors (Lipinski definition) is 4. The molecule has 1 unspecified atom stereocenters. The maximum atomic E-state index is 10.5. The number of nitrogens with zero attached hydrogens (tertiary/aromatic N) is 2. The summed E-state index contributed by atoms with van der Waals surface area (Å²) in [6.45, 7) is 4.17. The number of aromatic nitrogens is 1. The van der Waals surface area contributed by atoms with Crippen LogP contribution >= 0.6 is 0 Å². The van der Waals surface area contributed by atoms with Gasteiger partial charge in [-0.1, -0.05) is 0 Å². The molecule has 5 heteroatoms. The third-order valence-corrected chi connectivity index (χ3v) is 3.63. The third-order valence-electron chi connectivity index (χ3n) is 3.63. The zero-order chi connectivity index (χ0) is 14.4. The van der Waals surface area contributed by atoms with E-state index in [0.717, 1.165) is 24.6 Å². The smallest absolute Gasteiger partial charge is 0.303 e. The van der Waals surface area contributed by atoms with Crippen molar-refractivity contribution in [1.29, 1.82) is 0 Å². The molecule has 2 heterocycles. The normalized spacial score (nSPS) is 16.8. The van der Waals surface area contributed by atoms with E-state index in [4.69, 9.17) is 5.11 Å². The molecule has 0 radical (unpaired) electrons. The molecule has 110 valence electrons.